The maximum absolute atomic E-state index is 14.1. The second kappa shape index (κ2) is 13.4. The van der Waals surface area contributed by atoms with Crippen LogP contribution in [0.15, 0.2) is 70.4 Å². The molecule has 2 fully saturated rings. The van der Waals surface area contributed by atoms with Crippen molar-refractivity contribution in [3.63, 3.8) is 0 Å². The van der Waals surface area contributed by atoms with Crippen LogP contribution in [0, 0.1) is 11.3 Å². The zero-order valence-corrected chi connectivity index (χ0v) is 25.6. The second-order valence-corrected chi connectivity index (χ2v) is 12.7. The van der Waals surface area contributed by atoms with Crippen LogP contribution in [0.4, 0.5) is 0 Å². The first kappa shape index (κ1) is 30.1. The van der Waals surface area contributed by atoms with Crippen LogP contribution >= 0.6 is 11.6 Å². The molecule has 0 spiro atoms. The van der Waals surface area contributed by atoms with E-state index in [1.165, 1.54) is 36.7 Å². The van der Waals surface area contributed by atoms with Crippen LogP contribution in [0.3, 0.4) is 0 Å². The monoisotopic (exact) mass is 618 g/mol. The molecule has 1 unspecified atom stereocenters. The Morgan fingerprint density at radius 3 is 2.52 bits per heavy atom. The number of likely N-dealkylation sites (tertiary alicyclic amines) is 1. The van der Waals surface area contributed by atoms with Crippen molar-refractivity contribution < 1.29 is 14.0 Å². The van der Waals surface area contributed by atoms with Gasteiger partial charge in [0.1, 0.15) is 18.7 Å². The van der Waals surface area contributed by atoms with Crippen molar-refractivity contribution in [1.82, 2.24) is 29.5 Å². The minimum Gasteiger partial charge on any atom is -0.408 e. The third-order valence-corrected chi connectivity index (χ3v) is 9.86. The molecule has 1 N–H and O–H groups in total. The van der Waals surface area contributed by atoms with Crippen LogP contribution in [0.5, 0.6) is 0 Å². The van der Waals surface area contributed by atoms with E-state index in [2.05, 4.69) is 15.4 Å². The Kier molecular flexibility index (Phi) is 9.16. The van der Waals surface area contributed by atoms with Gasteiger partial charge in [-0.3, -0.25) is 18.8 Å². The quantitative estimate of drug-likeness (QED) is 0.272. The summed E-state index contributed by atoms with van der Waals surface area (Å²) in [6, 6.07) is 13.7. The maximum atomic E-state index is 14.1. The third kappa shape index (κ3) is 6.75. The van der Waals surface area contributed by atoms with Gasteiger partial charge < -0.3 is 14.6 Å². The summed E-state index contributed by atoms with van der Waals surface area (Å²) >= 11 is 6.11. The molecular formula is C33H39ClN6O4. The van der Waals surface area contributed by atoms with Crippen LogP contribution in [0.25, 0.3) is 11.1 Å². The molecule has 0 radical (unpaired) electrons. The van der Waals surface area contributed by atoms with Crippen molar-refractivity contribution in [2.75, 3.05) is 13.1 Å². The number of hydrogen-bond acceptors (Lipinski definition) is 6. The summed E-state index contributed by atoms with van der Waals surface area (Å²) < 4.78 is 8.71. The van der Waals surface area contributed by atoms with Crippen LogP contribution in [-0.4, -0.2) is 55.2 Å². The molecule has 2 aromatic carbocycles. The number of aromatic nitrogens is 4. The minimum atomic E-state index is -0.737. The molecule has 11 heteroatoms. The number of carbonyl (C=O) groups excluding carboxylic acids is 2. The van der Waals surface area contributed by atoms with E-state index in [-0.39, 0.29) is 30.2 Å². The Balaban J connectivity index is 1.15. The number of hydrogen-bond donors (Lipinski definition) is 1. The lowest BCUT2D eigenvalue weighted by molar-refractivity contribution is -0.139. The fraction of sp³-hybridized carbons (Fsp3) is 0.485. The number of fused-ring (bicyclic) bond motifs is 1. The zero-order valence-electron chi connectivity index (χ0n) is 24.9. The lowest BCUT2D eigenvalue weighted by Gasteiger charge is -2.48. The Morgan fingerprint density at radius 1 is 1.05 bits per heavy atom. The van der Waals surface area contributed by atoms with E-state index in [1.54, 1.807) is 43.0 Å². The van der Waals surface area contributed by atoms with Crippen LogP contribution < -0.4 is 11.1 Å². The highest BCUT2D eigenvalue weighted by Gasteiger charge is 2.43. The van der Waals surface area contributed by atoms with Gasteiger partial charge >= 0.3 is 5.76 Å². The number of aryl methyl sites for hydroxylation is 1. The van der Waals surface area contributed by atoms with E-state index in [0.29, 0.717) is 41.6 Å². The molecule has 1 saturated heterocycles. The molecule has 0 bridgehead atoms. The molecule has 2 aromatic heterocycles. The number of oxazole rings is 1. The topological polar surface area (TPSA) is 115 Å². The van der Waals surface area contributed by atoms with E-state index in [4.69, 9.17) is 16.0 Å². The summed E-state index contributed by atoms with van der Waals surface area (Å²) in [5, 5.41) is 8.03. The van der Waals surface area contributed by atoms with Crippen LogP contribution in [0.1, 0.15) is 56.9 Å². The fourth-order valence-electron chi connectivity index (χ4n) is 7.20. The van der Waals surface area contributed by atoms with Gasteiger partial charge in [0.15, 0.2) is 5.58 Å². The number of nitrogens with one attached hydrogen (secondary N) is 1. The number of para-hydroxylation sites is 2. The van der Waals surface area contributed by atoms with Crippen molar-refractivity contribution in [2.24, 2.45) is 11.3 Å². The summed E-state index contributed by atoms with van der Waals surface area (Å²) in [6.45, 7) is 2.23. The van der Waals surface area contributed by atoms with Gasteiger partial charge in [0.05, 0.1) is 5.52 Å². The van der Waals surface area contributed by atoms with Gasteiger partial charge in [0.2, 0.25) is 11.8 Å². The molecule has 10 nitrogen and oxygen atoms in total. The van der Waals surface area contributed by atoms with Crippen LogP contribution in [-0.2, 0) is 29.1 Å². The number of rotatable bonds is 10. The van der Waals surface area contributed by atoms with Gasteiger partial charge in [-0.1, -0.05) is 55.1 Å². The van der Waals surface area contributed by atoms with Gasteiger partial charge in [-0.05, 0) is 66.8 Å². The molecule has 2 aliphatic rings. The normalized spacial score (nSPS) is 17.9. The second-order valence-electron chi connectivity index (χ2n) is 12.3. The lowest BCUT2D eigenvalue weighted by atomic mass is 9.63. The van der Waals surface area contributed by atoms with Crippen molar-refractivity contribution >= 4 is 34.5 Å². The van der Waals surface area contributed by atoms with Crippen LogP contribution in [0.2, 0.25) is 5.02 Å². The number of carbonyl (C=O) groups is 2. The molecule has 1 saturated carbocycles. The number of benzene rings is 2. The van der Waals surface area contributed by atoms with Crippen molar-refractivity contribution in [1.29, 1.82) is 0 Å². The molecule has 3 heterocycles. The van der Waals surface area contributed by atoms with Gasteiger partial charge in [0, 0.05) is 44.0 Å². The van der Waals surface area contributed by atoms with Gasteiger partial charge in [-0.25, -0.2) is 9.78 Å². The molecule has 1 atom stereocenters. The van der Waals surface area contributed by atoms with E-state index in [1.807, 2.05) is 27.8 Å². The Labute approximate surface area is 261 Å². The highest BCUT2D eigenvalue weighted by molar-refractivity contribution is 6.30. The summed E-state index contributed by atoms with van der Waals surface area (Å²) in [4.78, 5) is 45.8. The first-order valence-electron chi connectivity index (χ1n) is 15.6. The number of amides is 2. The standard InChI is InChI=1S/C33H39ClN6O4/c34-26-12-10-24(11-13-26)20-27(37-30(41)14-17-40-28-8-4-5-9-29(28)44-32(40)43)31(42)38-18-15-33(16-19-38,21-39-23-35-22-36-39)25-6-2-1-3-7-25/h4-5,8-13,22-23,25,27H,1-3,6-7,14-21H2,(H,37,41). The average Bonchev–Trinajstić information content (AvgIpc) is 3.67. The lowest BCUT2D eigenvalue weighted by Crippen LogP contribution is -2.54. The fourth-order valence-corrected chi connectivity index (χ4v) is 7.33. The summed E-state index contributed by atoms with van der Waals surface area (Å²) in [5.41, 5.74) is 2.09. The van der Waals surface area contributed by atoms with E-state index in [0.717, 1.165) is 24.9 Å². The predicted octanol–water partition coefficient (Wildman–Crippen LogP) is 4.85. The predicted molar refractivity (Wildman–Crippen MR) is 167 cm³/mol. The molecule has 4 aromatic rings. The number of piperidine rings is 1. The highest BCUT2D eigenvalue weighted by atomic mass is 35.5. The van der Waals surface area contributed by atoms with Crippen molar-refractivity contribution in [3.05, 3.63) is 82.3 Å². The van der Waals surface area contributed by atoms with E-state index < -0.39 is 11.8 Å². The highest BCUT2D eigenvalue weighted by Crippen LogP contribution is 2.47. The van der Waals surface area contributed by atoms with Crippen molar-refractivity contribution in [3.8, 4) is 0 Å². The third-order valence-electron chi connectivity index (χ3n) is 9.61. The van der Waals surface area contributed by atoms with Gasteiger partial charge in [0.25, 0.3) is 0 Å². The molecule has 2 amide bonds. The molecule has 1 aliphatic heterocycles. The smallest absolute Gasteiger partial charge is 0.408 e. The largest absolute Gasteiger partial charge is 0.419 e. The Bertz CT molecular complexity index is 1620. The Hall–Kier alpha value is -3.92. The average molecular weight is 619 g/mol. The number of nitrogens with zero attached hydrogens (tertiary/aromatic N) is 5. The summed E-state index contributed by atoms with van der Waals surface area (Å²) in [7, 11) is 0. The summed E-state index contributed by atoms with van der Waals surface area (Å²) in [6.07, 6.45) is 11.8. The minimum absolute atomic E-state index is 0.0382. The number of halogens is 1. The maximum Gasteiger partial charge on any atom is 0.419 e. The summed E-state index contributed by atoms with van der Waals surface area (Å²) in [5.74, 6) is -0.287. The molecule has 1 aliphatic carbocycles. The SMILES string of the molecule is O=C(CCn1c(=O)oc2ccccc21)NC(Cc1ccc(Cl)cc1)C(=O)N1CCC(Cn2cncn2)(C2CCCCC2)CC1. The Morgan fingerprint density at radius 2 is 1.80 bits per heavy atom. The molecule has 6 rings (SSSR count). The van der Waals surface area contributed by atoms with E-state index in [9.17, 15) is 14.4 Å². The molecular weight excluding hydrogens is 580 g/mol. The van der Waals surface area contributed by atoms with Gasteiger partial charge in [-0.2, -0.15) is 5.10 Å². The molecule has 44 heavy (non-hydrogen) atoms. The van der Waals surface area contributed by atoms with Gasteiger partial charge in [-0.15, -0.1) is 0 Å². The molecule has 232 valence electrons. The van der Waals surface area contributed by atoms with E-state index >= 15 is 0 Å². The van der Waals surface area contributed by atoms with Crippen molar-refractivity contribution in [2.45, 2.75) is 76.9 Å². The first-order valence-corrected chi connectivity index (χ1v) is 16.0. The first-order chi connectivity index (χ1) is 21.4. The zero-order chi connectivity index (χ0) is 30.5.